The van der Waals surface area contributed by atoms with Gasteiger partial charge >= 0.3 is 0 Å². The number of aliphatic imine (C=N–C) groups is 1. The number of halogens is 2. The van der Waals surface area contributed by atoms with Crippen molar-refractivity contribution < 1.29 is 0 Å². The van der Waals surface area contributed by atoms with E-state index in [1.165, 1.54) is 28.4 Å². The Hall–Kier alpha value is -1.15. The third kappa shape index (κ3) is 5.42. The summed E-state index contributed by atoms with van der Waals surface area (Å²) >= 11 is 3.69. The molecule has 0 amide bonds. The van der Waals surface area contributed by atoms with Gasteiger partial charge in [-0.1, -0.05) is 40.2 Å². The van der Waals surface area contributed by atoms with Crippen LogP contribution in [0.15, 0.2) is 52.1 Å². The Labute approximate surface area is 181 Å². The van der Waals surface area contributed by atoms with Gasteiger partial charge in [-0.3, -0.25) is 9.98 Å². The third-order valence-corrected chi connectivity index (χ3v) is 5.49. The minimum Gasteiger partial charge on any atom is -0.356 e. The Balaban J connectivity index is 0.00000243. The molecule has 4 nitrogen and oxygen atoms in total. The topological polar surface area (TPSA) is 49.3 Å². The number of hydrogen-bond donors (Lipinski definition) is 2. The second-order valence-corrected chi connectivity index (χ2v) is 7.52. The highest BCUT2D eigenvalue weighted by Gasteiger charge is 2.45. The number of aryl methyl sites for hydroxylation is 1. The van der Waals surface area contributed by atoms with Crippen molar-refractivity contribution in [2.75, 3.05) is 20.1 Å². The maximum Gasteiger partial charge on any atom is 0.191 e. The molecule has 1 heterocycles. The molecular weight excluding hydrogens is 503 g/mol. The van der Waals surface area contributed by atoms with E-state index in [-0.39, 0.29) is 29.4 Å². The molecule has 1 aromatic carbocycles. The molecule has 0 radical (unpaired) electrons. The molecule has 3 rings (SSSR count). The molecule has 1 aliphatic rings. The summed E-state index contributed by atoms with van der Waals surface area (Å²) in [7, 11) is 1.82. The number of guanidine groups is 1. The summed E-state index contributed by atoms with van der Waals surface area (Å²) in [6, 6.07) is 12.7. The van der Waals surface area contributed by atoms with Gasteiger partial charge in [-0.05, 0) is 49.4 Å². The Morgan fingerprint density at radius 3 is 2.58 bits per heavy atom. The van der Waals surface area contributed by atoms with E-state index in [0.717, 1.165) is 31.2 Å². The van der Waals surface area contributed by atoms with E-state index in [9.17, 15) is 0 Å². The van der Waals surface area contributed by atoms with Gasteiger partial charge in [0.05, 0.1) is 0 Å². The van der Waals surface area contributed by atoms with Crippen LogP contribution in [0.2, 0.25) is 0 Å². The summed E-state index contributed by atoms with van der Waals surface area (Å²) in [5.74, 6) is 0.860. The van der Waals surface area contributed by atoms with E-state index in [1.54, 1.807) is 0 Å². The largest absolute Gasteiger partial charge is 0.356 e. The summed E-state index contributed by atoms with van der Waals surface area (Å²) in [6.07, 6.45) is 5.31. The van der Waals surface area contributed by atoms with Crippen LogP contribution in [0.1, 0.15) is 29.7 Å². The molecule has 1 aromatic heterocycles. The second kappa shape index (κ2) is 9.69. The van der Waals surface area contributed by atoms with Crippen LogP contribution in [0.4, 0.5) is 0 Å². The molecule has 0 saturated heterocycles. The van der Waals surface area contributed by atoms with Crippen molar-refractivity contribution in [1.29, 1.82) is 0 Å². The Morgan fingerprint density at radius 1 is 1.19 bits per heavy atom. The van der Waals surface area contributed by atoms with Crippen LogP contribution in [-0.2, 0) is 11.8 Å². The molecular formula is C20H26BrIN4. The number of hydrogen-bond acceptors (Lipinski definition) is 2. The van der Waals surface area contributed by atoms with E-state index >= 15 is 0 Å². The first kappa shape index (κ1) is 21.2. The van der Waals surface area contributed by atoms with Crippen molar-refractivity contribution in [3.05, 3.63) is 63.9 Å². The van der Waals surface area contributed by atoms with Crippen LogP contribution in [0.5, 0.6) is 0 Å². The monoisotopic (exact) mass is 528 g/mol. The SMILES string of the molecule is CN=C(NCCc1ccc(C)nc1)NCC1(c2ccccc2Br)CC1.I. The van der Waals surface area contributed by atoms with Gasteiger partial charge in [-0.2, -0.15) is 0 Å². The van der Waals surface area contributed by atoms with E-state index in [4.69, 9.17) is 0 Å². The predicted molar refractivity (Wildman–Crippen MR) is 123 cm³/mol. The molecule has 6 heteroatoms. The molecule has 1 fully saturated rings. The molecule has 0 atom stereocenters. The molecule has 0 unspecified atom stereocenters. The zero-order valence-electron chi connectivity index (χ0n) is 15.3. The van der Waals surface area contributed by atoms with Crippen molar-refractivity contribution >= 4 is 45.9 Å². The summed E-state index contributed by atoms with van der Waals surface area (Å²) < 4.78 is 1.20. The van der Waals surface area contributed by atoms with Crippen molar-refractivity contribution in [2.24, 2.45) is 4.99 Å². The third-order valence-electron chi connectivity index (χ3n) is 4.80. The number of pyridine rings is 1. The van der Waals surface area contributed by atoms with Gasteiger partial charge in [0.2, 0.25) is 0 Å². The van der Waals surface area contributed by atoms with Crippen LogP contribution >= 0.6 is 39.9 Å². The van der Waals surface area contributed by atoms with Gasteiger partial charge in [-0.25, -0.2) is 0 Å². The standard InChI is InChI=1S/C20H25BrN4.HI/c1-15-7-8-16(13-24-15)9-12-23-19(22-2)25-14-20(10-11-20)17-5-3-4-6-18(17)21;/h3-8,13H,9-12,14H2,1-2H3,(H2,22,23,25);1H. The maximum atomic E-state index is 4.35. The van der Waals surface area contributed by atoms with Crippen molar-refractivity contribution in [3.8, 4) is 0 Å². The van der Waals surface area contributed by atoms with Gasteiger partial charge in [0.1, 0.15) is 0 Å². The van der Waals surface area contributed by atoms with Crippen LogP contribution in [0.3, 0.4) is 0 Å². The van der Waals surface area contributed by atoms with E-state index in [0.29, 0.717) is 0 Å². The summed E-state index contributed by atoms with van der Waals surface area (Å²) in [5, 5.41) is 6.89. The minimum absolute atomic E-state index is 0. The Morgan fingerprint density at radius 2 is 1.96 bits per heavy atom. The molecule has 0 aliphatic heterocycles. The predicted octanol–water partition coefficient (Wildman–Crippen LogP) is 4.21. The van der Waals surface area contributed by atoms with Gasteiger partial charge in [0.25, 0.3) is 0 Å². The maximum absolute atomic E-state index is 4.35. The average molecular weight is 529 g/mol. The molecule has 2 aromatic rings. The Bertz CT molecular complexity index is 742. The normalized spacial score (nSPS) is 15.1. The zero-order chi connectivity index (χ0) is 17.7. The fourth-order valence-electron chi connectivity index (χ4n) is 3.03. The van der Waals surface area contributed by atoms with Crippen LogP contribution in [0.25, 0.3) is 0 Å². The lowest BCUT2D eigenvalue weighted by Gasteiger charge is -2.20. The van der Waals surface area contributed by atoms with Crippen LogP contribution < -0.4 is 10.6 Å². The highest BCUT2D eigenvalue weighted by Crippen LogP contribution is 2.49. The van der Waals surface area contributed by atoms with Gasteiger partial charge in [0.15, 0.2) is 5.96 Å². The number of nitrogens with zero attached hydrogens (tertiary/aromatic N) is 2. The lowest BCUT2D eigenvalue weighted by molar-refractivity contribution is 0.643. The quantitative estimate of drug-likeness (QED) is 0.335. The first-order valence-corrected chi connectivity index (χ1v) is 9.53. The van der Waals surface area contributed by atoms with Gasteiger partial charge < -0.3 is 10.6 Å². The van der Waals surface area contributed by atoms with E-state index in [1.807, 2.05) is 20.2 Å². The second-order valence-electron chi connectivity index (χ2n) is 6.67. The molecule has 0 spiro atoms. The molecule has 140 valence electrons. The molecule has 1 aliphatic carbocycles. The number of benzene rings is 1. The van der Waals surface area contributed by atoms with Crippen molar-refractivity contribution in [2.45, 2.75) is 31.6 Å². The fourth-order valence-corrected chi connectivity index (χ4v) is 3.73. The smallest absolute Gasteiger partial charge is 0.191 e. The van der Waals surface area contributed by atoms with Crippen LogP contribution in [-0.4, -0.2) is 31.1 Å². The van der Waals surface area contributed by atoms with E-state index in [2.05, 4.69) is 72.9 Å². The lowest BCUT2D eigenvalue weighted by Crippen LogP contribution is -2.42. The van der Waals surface area contributed by atoms with Gasteiger partial charge in [-0.15, -0.1) is 24.0 Å². The van der Waals surface area contributed by atoms with Gasteiger partial charge in [0, 0.05) is 41.9 Å². The summed E-state index contributed by atoms with van der Waals surface area (Å²) in [6.45, 7) is 3.75. The highest BCUT2D eigenvalue weighted by atomic mass is 127. The molecule has 1 saturated carbocycles. The Kier molecular flexibility index (Phi) is 7.88. The summed E-state index contributed by atoms with van der Waals surface area (Å²) in [4.78, 5) is 8.69. The van der Waals surface area contributed by atoms with Crippen LogP contribution in [0, 0.1) is 6.92 Å². The first-order valence-electron chi connectivity index (χ1n) is 8.74. The molecule has 26 heavy (non-hydrogen) atoms. The number of rotatable bonds is 6. The first-order chi connectivity index (χ1) is 12.1. The molecule has 0 bridgehead atoms. The minimum atomic E-state index is 0. The lowest BCUT2D eigenvalue weighted by atomic mass is 9.96. The van der Waals surface area contributed by atoms with Crippen molar-refractivity contribution in [3.63, 3.8) is 0 Å². The van der Waals surface area contributed by atoms with Crippen molar-refractivity contribution in [1.82, 2.24) is 15.6 Å². The number of nitrogens with one attached hydrogen (secondary N) is 2. The fraction of sp³-hybridized carbons (Fsp3) is 0.400. The van der Waals surface area contributed by atoms with E-state index < -0.39 is 0 Å². The molecule has 2 N–H and O–H groups in total. The number of aromatic nitrogens is 1. The highest BCUT2D eigenvalue weighted by molar-refractivity contribution is 14.0. The average Bonchev–Trinajstić information content (AvgIpc) is 3.41. The zero-order valence-corrected chi connectivity index (χ0v) is 19.2. The summed E-state index contributed by atoms with van der Waals surface area (Å²) in [5.41, 5.74) is 3.92.